The molecule has 6 nitrogen and oxygen atoms in total. The molecular formula is C22H18ClN3O3S2. The third-order valence-corrected chi connectivity index (χ3v) is 7.87. The molecule has 0 spiro atoms. The number of amides is 1. The highest BCUT2D eigenvalue weighted by molar-refractivity contribution is 7.89. The summed E-state index contributed by atoms with van der Waals surface area (Å²) in [5.74, 6) is -0.505. The van der Waals surface area contributed by atoms with Crippen LogP contribution in [0.1, 0.15) is 10.4 Å². The predicted octanol–water partition coefficient (Wildman–Crippen LogP) is 5.12. The molecule has 0 aliphatic carbocycles. The lowest BCUT2D eigenvalue weighted by molar-refractivity contribution is 0.102. The number of benzene rings is 3. The van der Waals surface area contributed by atoms with E-state index >= 15 is 0 Å². The number of nitrogens with one attached hydrogen (secondary N) is 1. The van der Waals surface area contributed by atoms with Gasteiger partial charge in [0.15, 0.2) is 0 Å². The maximum absolute atomic E-state index is 13.0. The summed E-state index contributed by atoms with van der Waals surface area (Å²) in [4.78, 5) is 17.7. The summed E-state index contributed by atoms with van der Waals surface area (Å²) in [6.07, 6.45) is 0. The molecule has 0 atom stereocenters. The predicted molar refractivity (Wildman–Crippen MR) is 125 cm³/mol. The number of halogens is 1. The number of aromatic nitrogens is 1. The van der Waals surface area contributed by atoms with Crippen molar-refractivity contribution < 1.29 is 13.2 Å². The average Bonchev–Trinajstić information content (AvgIpc) is 3.18. The third-order valence-electron chi connectivity index (χ3n) is 4.66. The van der Waals surface area contributed by atoms with Crippen molar-refractivity contribution in [2.75, 3.05) is 19.4 Å². The zero-order valence-corrected chi connectivity index (χ0v) is 19.1. The minimum Gasteiger partial charge on any atom is -0.321 e. The van der Waals surface area contributed by atoms with E-state index in [4.69, 9.17) is 11.6 Å². The molecular weight excluding hydrogens is 454 g/mol. The van der Waals surface area contributed by atoms with Crippen LogP contribution in [0.3, 0.4) is 0 Å². The first-order valence-electron chi connectivity index (χ1n) is 9.26. The minimum atomic E-state index is -3.70. The van der Waals surface area contributed by atoms with E-state index in [1.165, 1.54) is 43.6 Å². The summed E-state index contributed by atoms with van der Waals surface area (Å²) >= 11 is 7.74. The molecule has 1 heterocycles. The number of hydrogen-bond acceptors (Lipinski definition) is 5. The molecule has 3 aromatic carbocycles. The Bertz CT molecular complexity index is 1370. The van der Waals surface area contributed by atoms with Crippen LogP contribution in [0.5, 0.6) is 0 Å². The molecule has 0 unspecified atom stereocenters. The molecule has 0 aliphatic rings. The van der Waals surface area contributed by atoms with E-state index in [2.05, 4.69) is 10.3 Å². The van der Waals surface area contributed by atoms with Gasteiger partial charge in [0.25, 0.3) is 5.91 Å². The average molecular weight is 472 g/mol. The lowest BCUT2D eigenvalue weighted by Crippen LogP contribution is -2.23. The van der Waals surface area contributed by atoms with E-state index < -0.39 is 15.9 Å². The van der Waals surface area contributed by atoms with Gasteiger partial charge in [-0.3, -0.25) is 4.79 Å². The second-order valence-corrected chi connectivity index (χ2v) is 10.5. The summed E-state index contributed by atoms with van der Waals surface area (Å²) in [5.41, 5.74) is 2.28. The first-order valence-corrected chi connectivity index (χ1v) is 11.9. The highest BCUT2D eigenvalue weighted by Gasteiger charge is 2.21. The summed E-state index contributed by atoms with van der Waals surface area (Å²) in [6, 6.07) is 19.2. The molecule has 1 N–H and O–H groups in total. The van der Waals surface area contributed by atoms with Crippen LogP contribution in [0.25, 0.3) is 20.8 Å². The number of para-hydroxylation sites is 2. The molecule has 9 heteroatoms. The maximum Gasteiger partial charge on any atom is 0.257 e. The molecule has 0 aliphatic heterocycles. The zero-order chi connectivity index (χ0) is 22.2. The fraction of sp³-hybridized carbons (Fsp3) is 0.0909. The van der Waals surface area contributed by atoms with Gasteiger partial charge in [-0.05, 0) is 42.5 Å². The van der Waals surface area contributed by atoms with Crippen molar-refractivity contribution in [3.05, 3.63) is 77.3 Å². The van der Waals surface area contributed by atoms with E-state index in [0.29, 0.717) is 5.69 Å². The van der Waals surface area contributed by atoms with Crippen molar-refractivity contribution in [1.29, 1.82) is 0 Å². The van der Waals surface area contributed by atoms with Crippen LogP contribution >= 0.6 is 22.9 Å². The SMILES string of the molecule is CN(C)S(=O)(=O)c1ccc(Cl)c(C(=O)Nc2ccccc2-c2nc3ccccc3s2)c1. The van der Waals surface area contributed by atoms with Gasteiger partial charge >= 0.3 is 0 Å². The van der Waals surface area contributed by atoms with Gasteiger partial charge < -0.3 is 5.32 Å². The van der Waals surface area contributed by atoms with Crippen LogP contribution in [0.4, 0.5) is 5.69 Å². The zero-order valence-electron chi connectivity index (χ0n) is 16.7. The van der Waals surface area contributed by atoms with Gasteiger partial charge in [-0.15, -0.1) is 11.3 Å². The molecule has 158 valence electrons. The monoisotopic (exact) mass is 471 g/mol. The van der Waals surface area contributed by atoms with E-state index in [1.807, 2.05) is 36.4 Å². The van der Waals surface area contributed by atoms with Crippen LogP contribution in [-0.4, -0.2) is 37.7 Å². The topological polar surface area (TPSA) is 79.4 Å². The second-order valence-electron chi connectivity index (χ2n) is 6.92. The largest absolute Gasteiger partial charge is 0.321 e. The number of carbonyl (C=O) groups is 1. The number of fused-ring (bicyclic) bond motifs is 1. The van der Waals surface area contributed by atoms with Crippen LogP contribution in [0.15, 0.2) is 71.6 Å². The highest BCUT2D eigenvalue weighted by atomic mass is 35.5. The second kappa shape index (κ2) is 8.39. The molecule has 0 bridgehead atoms. The van der Waals surface area contributed by atoms with Crippen molar-refractivity contribution >= 4 is 54.8 Å². The van der Waals surface area contributed by atoms with Gasteiger partial charge in [0, 0.05) is 19.7 Å². The Morgan fingerprint density at radius 2 is 1.74 bits per heavy atom. The van der Waals surface area contributed by atoms with Crippen LogP contribution in [0.2, 0.25) is 5.02 Å². The Kier molecular flexibility index (Phi) is 5.81. The first kappa shape index (κ1) is 21.5. The van der Waals surface area contributed by atoms with Gasteiger partial charge in [-0.2, -0.15) is 0 Å². The number of carbonyl (C=O) groups excluding carboxylic acids is 1. The highest BCUT2D eigenvalue weighted by Crippen LogP contribution is 2.35. The Labute approximate surface area is 189 Å². The molecule has 0 saturated carbocycles. The number of nitrogens with zero attached hydrogens (tertiary/aromatic N) is 2. The summed E-state index contributed by atoms with van der Waals surface area (Å²) in [5, 5.41) is 3.78. The Hall–Kier alpha value is -2.78. The maximum atomic E-state index is 13.0. The van der Waals surface area contributed by atoms with Gasteiger partial charge in [0.1, 0.15) is 5.01 Å². The van der Waals surface area contributed by atoms with E-state index in [1.54, 1.807) is 12.1 Å². The van der Waals surface area contributed by atoms with Crippen molar-refractivity contribution in [3.63, 3.8) is 0 Å². The number of rotatable bonds is 5. The quantitative estimate of drug-likeness (QED) is 0.438. The molecule has 0 saturated heterocycles. The molecule has 31 heavy (non-hydrogen) atoms. The van der Waals surface area contributed by atoms with Crippen LogP contribution in [0, 0.1) is 0 Å². The lowest BCUT2D eigenvalue weighted by Gasteiger charge is -2.14. The number of thiazole rings is 1. The van der Waals surface area contributed by atoms with Crippen LogP contribution in [-0.2, 0) is 10.0 Å². The lowest BCUT2D eigenvalue weighted by atomic mass is 10.1. The standard InChI is InChI=1S/C22H18ClN3O3S2/c1-26(2)31(28,29)14-11-12-17(23)16(13-14)21(27)24-18-8-4-3-7-15(18)22-25-19-9-5-6-10-20(19)30-22/h3-13H,1-2H3,(H,24,27). The summed E-state index contributed by atoms with van der Waals surface area (Å²) < 4.78 is 27.0. The van der Waals surface area contributed by atoms with Gasteiger partial charge in [0.05, 0.1) is 31.4 Å². The van der Waals surface area contributed by atoms with E-state index in [9.17, 15) is 13.2 Å². The Balaban J connectivity index is 1.70. The molecule has 0 fully saturated rings. The van der Waals surface area contributed by atoms with Crippen LogP contribution < -0.4 is 5.32 Å². The van der Waals surface area contributed by atoms with E-state index in [-0.39, 0.29) is 15.5 Å². The van der Waals surface area contributed by atoms with Crippen molar-refractivity contribution in [2.24, 2.45) is 0 Å². The third kappa shape index (κ3) is 4.20. The van der Waals surface area contributed by atoms with Crippen molar-refractivity contribution in [3.8, 4) is 10.6 Å². The van der Waals surface area contributed by atoms with Gasteiger partial charge in [0.2, 0.25) is 10.0 Å². The van der Waals surface area contributed by atoms with E-state index in [0.717, 1.165) is 25.1 Å². The molecule has 1 amide bonds. The number of sulfonamides is 1. The number of hydrogen-bond donors (Lipinski definition) is 1. The smallest absolute Gasteiger partial charge is 0.257 e. The fourth-order valence-corrected chi connectivity index (χ4v) is 5.14. The molecule has 4 aromatic rings. The van der Waals surface area contributed by atoms with Crippen molar-refractivity contribution in [2.45, 2.75) is 4.90 Å². The molecule has 0 radical (unpaired) electrons. The number of anilines is 1. The summed E-state index contributed by atoms with van der Waals surface area (Å²) in [7, 11) is -0.845. The first-order chi connectivity index (χ1) is 14.8. The Morgan fingerprint density at radius 3 is 2.48 bits per heavy atom. The normalized spacial score (nSPS) is 11.7. The minimum absolute atomic E-state index is 0.00786. The fourth-order valence-electron chi connectivity index (χ4n) is 3.01. The summed E-state index contributed by atoms with van der Waals surface area (Å²) in [6.45, 7) is 0. The van der Waals surface area contributed by atoms with Crippen molar-refractivity contribution in [1.82, 2.24) is 9.29 Å². The molecule has 1 aromatic heterocycles. The van der Waals surface area contributed by atoms with Gasteiger partial charge in [-0.25, -0.2) is 17.7 Å². The molecule has 4 rings (SSSR count). The van der Waals surface area contributed by atoms with Gasteiger partial charge in [-0.1, -0.05) is 35.9 Å². The Morgan fingerprint density at radius 1 is 1.03 bits per heavy atom.